The van der Waals surface area contributed by atoms with Crippen LogP contribution in [0, 0.1) is 5.92 Å². The molecule has 1 unspecified atom stereocenters. The van der Waals surface area contributed by atoms with E-state index in [-0.39, 0.29) is 16.6 Å². The van der Waals surface area contributed by atoms with Crippen LogP contribution in [0.3, 0.4) is 0 Å². The van der Waals surface area contributed by atoms with Crippen LogP contribution in [0.1, 0.15) is 42.1 Å². The van der Waals surface area contributed by atoms with E-state index in [1.54, 1.807) is 31.2 Å². The molecular formula is C27H28N2O6S. The predicted molar refractivity (Wildman–Crippen MR) is 136 cm³/mol. The molecule has 0 saturated heterocycles. The zero-order chi connectivity index (χ0) is 25.7. The van der Waals surface area contributed by atoms with Crippen molar-refractivity contribution in [1.29, 1.82) is 0 Å². The summed E-state index contributed by atoms with van der Waals surface area (Å²) in [5.41, 5.74) is 2.08. The minimum atomic E-state index is -3.29. The van der Waals surface area contributed by atoms with Crippen molar-refractivity contribution in [2.75, 3.05) is 18.2 Å². The van der Waals surface area contributed by atoms with Crippen LogP contribution in [0.15, 0.2) is 65.7 Å². The number of sulfone groups is 1. The van der Waals surface area contributed by atoms with Crippen LogP contribution < -0.4 is 10.1 Å². The molecule has 0 spiro atoms. The molecule has 3 aromatic rings. The Hall–Kier alpha value is -3.72. The highest BCUT2D eigenvalue weighted by molar-refractivity contribution is 7.90. The number of hydrogen-bond acceptors (Lipinski definition) is 8. The Balaban J connectivity index is 1.55. The number of nitrogens with zero attached hydrogens (tertiary/aromatic N) is 1. The van der Waals surface area contributed by atoms with Gasteiger partial charge in [-0.05, 0) is 85.8 Å². The minimum Gasteiger partial charge on any atom is -0.462 e. The first-order valence-corrected chi connectivity index (χ1v) is 13.6. The molecule has 1 aliphatic rings. The number of pyridine rings is 1. The van der Waals surface area contributed by atoms with Gasteiger partial charge in [0.2, 0.25) is 0 Å². The second-order valence-corrected chi connectivity index (χ2v) is 10.8. The summed E-state index contributed by atoms with van der Waals surface area (Å²) in [6.07, 6.45) is 5.29. The fourth-order valence-corrected chi connectivity index (χ4v) is 4.76. The maximum Gasteiger partial charge on any atom is 0.339 e. The minimum absolute atomic E-state index is 0.223. The molecule has 0 amide bonds. The molecule has 1 aliphatic carbocycles. The Labute approximate surface area is 210 Å². The monoisotopic (exact) mass is 508 g/mol. The fraction of sp³-hybridized carbons (Fsp3) is 0.296. The molecule has 1 saturated carbocycles. The zero-order valence-electron chi connectivity index (χ0n) is 20.2. The molecule has 0 bridgehead atoms. The molecule has 188 valence electrons. The van der Waals surface area contributed by atoms with Gasteiger partial charge in [0.15, 0.2) is 9.84 Å². The Bertz CT molecular complexity index is 1350. The Kier molecular flexibility index (Phi) is 7.69. The van der Waals surface area contributed by atoms with Crippen molar-refractivity contribution in [1.82, 2.24) is 4.98 Å². The molecule has 2 aromatic carbocycles. The number of carbonyl (C=O) groups is 2. The van der Waals surface area contributed by atoms with E-state index in [2.05, 4.69) is 10.3 Å². The van der Waals surface area contributed by atoms with Gasteiger partial charge in [-0.25, -0.2) is 18.2 Å². The Morgan fingerprint density at radius 1 is 1.11 bits per heavy atom. The second-order valence-electron chi connectivity index (χ2n) is 8.80. The van der Waals surface area contributed by atoms with E-state index in [0.29, 0.717) is 48.7 Å². The van der Waals surface area contributed by atoms with Crippen molar-refractivity contribution in [3.8, 4) is 11.5 Å². The van der Waals surface area contributed by atoms with Crippen LogP contribution in [-0.2, 0) is 25.8 Å². The molecule has 0 radical (unpaired) electrons. The van der Waals surface area contributed by atoms with Gasteiger partial charge >= 0.3 is 5.97 Å². The summed E-state index contributed by atoms with van der Waals surface area (Å²) in [6, 6.07) is 15.3. The van der Waals surface area contributed by atoms with Crippen molar-refractivity contribution in [2.24, 2.45) is 5.92 Å². The summed E-state index contributed by atoms with van der Waals surface area (Å²) < 4.78 is 34.6. The van der Waals surface area contributed by atoms with E-state index < -0.39 is 15.8 Å². The smallest absolute Gasteiger partial charge is 0.339 e. The fourth-order valence-electron chi connectivity index (χ4n) is 4.13. The first-order valence-electron chi connectivity index (χ1n) is 11.7. The van der Waals surface area contributed by atoms with Crippen molar-refractivity contribution in [2.45, 2.75) is 37.5 Å². The second kappa shape index (κ2) is 10.9. The van der Waals surface area contributed by atoms with Crippen molar-refractivity contribution >= 4 is 33.1 Å². The van der Waals surface area contributed by atoms with E-state index in [4.69, 9.17) is 9.47 Å². The number of hydrogen-bond donors (Lipinski definition) is 1. The van der Waals surface area contributed by atoms with Crippen molar-refractivity contribution in [3.63, 3.8) is 0 Å². The number of ether oxygens (including phenoxy) is 2. The molecule has 8 nitrogen and oxygen atoms in total. The molecule has 4 rings (SSSR count). The number of rotatable bonds is 9. The van der Waals surface area contributed by atoms with E-state index in [1.807, 2.05) is 18.2 Å². The van der Waals surface area contributed by atoms with E-state index in [1.165, 1.54) is 18.3 Å². The molecule has 1 N–H and O–H groups in total. The summed E-state index contributed by atoms with van der Waals surface area (Å²) in [6.45, 7) is 2.04. The summed E-state index contributed by atoms with van der Waals surface area (Å²) in [7, 11) is -3.29. The van der Waals surface area contributed by atoms with Crippen LogP contribution in [-0.4, -0.2) is 38.0 Å². The zero-order valence-corrected chi connectivity index (χ0v) is 21.0. The highest BCUT2D eigenvalue weighted by Crippen LogP contribution is 2.34. The predicted octanol–water partition coefficient (Wildman–Crippen LogP) is 5.11. The molecule has 36 heavy (non-hydrogen) atoms. The average Bonchev–Trinajstić information content (AvgIpc) is 3.25. The molecule has 9 heteroatoms. The van der Waals surface area contributed by atoms with Gasteiger partial charge in [-0.15, -0.1) is 0 Å². The van der Waals surface area contributed by atoms with Crippen LogP contribution in [0.4, 0.5) is 11.5 Å². The lowest BCUT2D eigenvalue weighted by Crippen LogP contribution is -2.06. The maximum absolute atomic E-state index is 11.9. The first-order chi connectivity index (χ1) is 17.2. The number of aromatic nitrogens is 1. The van der Waals surface area contributed by atoms with Crippen LogP contribution in [0.5, 0.6) is 11.5 Å². The van der Waals surface area contributed by atoms with E-state index in [9.17, 15) is 18.0 Å². The van der Waals surface area contributed by atoms with Gasteiger partial charge in [0.05, 0.1) is 17.1 Å². The maximum atomic E-state index is 11.9. The van der Waals surface area contributed by atoms with Crippen molar-refractivity contribution in [3.05, 3.63) is 71.9 Å². The van der Waals surface area contributed by atoms with Crippen LogP contribution in [0.2, 0.25) is 0 Å². The third-order valence-electron chi connectivity index (χ3n) is 5.94. The highest BCUT2D eigenvalue weighted by atomic mass is 32.2. The van der Waals surface area contributed by atoms with Gasteiger partial charge < -0.3 is 14.8 Å². The number of esters is 1. The van der Waals surface area contributed by atoms with Gasteiger partial charge in [-0.1, -0.05) is 0 Å². The summed E-state index contributed by atoms with van der Waals surface area (Å²) in [4.78, 5) is 28.2. The summed E-state index contributed by atoms with van der Waals surface area (Å²) in [5.74, 6) is 1.82. The number of Topliss-reactive ketones (excluding diaryl/α,β-unsaturated/α-hetero) is 1. The Morgan fingerprint density at radius 3 is 2.50 bits per heavy atom. The number of ketones is 1. The molecular weight excluding hydrogens is 480 g/mol. The highest BCUT2D eigenvalue weighted by Gasteiger charge is 2.24. The SMILES string of the molecule is CCOC(=O)c1ccc(Nc2ccc(Oc3ccc(S(C)(=O)=O)cc3)c(CC3CCC(=O)C3)c2)nc1. The number of nitrogens with one attached hydrogen (secondary N) is 1. The van der Waals surface area contributed by atoms with Crippen LogP contribution >= 0.6 is 0 Å². The van der Waals surface area contributed by atoms with E-state index in [0.717, 1.165) is 23.9 Å². The molecule has 0 aliphatic heterocycles. The molecule has 1 heterocycles. The number of anilines is 2. The first kappa shape index (κ1) is 25.4. The van der Waals surface area contributed by atoms with Gasteiger partial charge in [-0.3, -0.25) is 4.79 Å². The summed E-state index contributed by atoms with van der Waals surface area (Å²) >= 11 is 0. The lowest BCUT2D eigenvalue weighted by molar-refractivity contribution is -0.117. The number of benzene rings is 2. The summed E-state index contributed by atoms with van der Waals surface area (Å²) in [5, 5.41) is 3.24. The lowest BCUT2D eigenvalue weighted by Gasteiger charge is -2.16. The van der Waals surface area contributed by atoms with E-state index >= 15 is 0 Å². The Morgan fingerprint density at radius 2 is 1.89 bits per heavy atom. The molecule has 1 fully saturated rings. The molecule has 1 aromatic heterocycles. The third-order valence-corrected chi connectivity index (χ3v) is 7.07. The lowest BCUT2D eigenvalue weighted by atomic mass is 9.97. The van der Waals surface area contributed by atoms with Gasteiger partial charge in [0.1, 0.15) is 23.1 Å². The molecule has 1 atom stereocenters. The van der Waals surface area contributed by atoms with Crippen molar-refractivity contribution < 1.29 is 27.5 Å². The van der Waals surface area contributed by atoms with Gasteiger partial charge in [0, 0.05) is 31.0 Å². The topological polar surface area (TPSA) is 112 Å². The standard InChI is InChI=1S/C27H28N2O6S/c1-3-34-27(31)19-5-13-26(28-17-19)29-21-6-12-25(20(16-21)14-18-4-7-22(30)15-18)35-23-8-10-24(11-9-23)36(2,32)33/h5-6,8-13,16-18H,3-4,7,14-15H2,1-2H3,(H,28,29). The third kappa shape index (κ3) is 6.48. The normalized spacial score (nSPS) is 15.5. The van der Waals surface area contributed by atoms with Crippen LogP contribution in [0.25, 0.3) is 0 Å². The van der Waals surface area contributed by atoms with Gasteiger partial charge in [0.25, 0.3) is 0 Å². The van der Waals surface area contributed by atoms with Gasteiger partial charge in [-0.2, -0.15) is 0 Å². The quantitative estimate of drug-likeness (QED) is 0.397. The average molecular weight is 509 g/mol. The number of carbonyl (C=O) groups excluding carboxylic acids is 2. The largest absolute Gasteiger partial charge is 0.462 e.